The number of hydrogen-bond donors (Lipinski definition) is 0. The maximum Gasteiger partial charge on any atom is -0.0167 e. The van der Waals surface area contributed by atoms with E-state index in [2.05, 4.69) is 0 Å². The lowest BCUT2D eigenvalue weighted by atomic mass is 10.00. The minimum absolute atomic E-state index is 1.14. The van der Waals surface area contributed by atoms with E-state index in [0.29, 0.717) is 0 Å². The summed E-state index contributed by atoms with van der Waals surface area (Å²) in [7, 11) is 1.81. The molecule has 0 atom stereocenters. The van der Waals surface area contributed by atoms with Crippen LogP contribution < -0.4 is 0 Å². The van der Waals surface area contributed by atoms with Gasteiger partial charge in [0.15, 0.2) is 0 Å². The molecular formula is C7H12P. The van der Waals surface area contributed by atoms with Crippen LogP contribution in [0, 0.1) is 0 Å². The maximum atomic E-state index is 1.81. The van der Waals surface area contributed by atoms with E-state index in [1.54, 1.807) is 8.58 Å². The first-order valence-electron chi connectivity index (χ1n) is 3.65. The van der Waals surface area contributed by atoms with Crippen molar-refractivity contribution in [2.75, 3.05) is 0 Å². The Labute approximate surface area is 52.8 Å². The van der Waals surface area contributed by atoms with Gasteiger partial charge in [0, 0.05) is 0 Å². The molecule has 2 fully saturated rings. The van der Waals surface area contributed by atoms with Gasteiger partial charge in [-0.05, 0) is 37.0 Å². The summed E-state index contributed by atoms with van der Waals surface area (Å²) in [4.78, 5) is 0. The van der Waals surface area contributed by atoms with Crippen molar-refractivity contribution in [2.24, 2.45) is 0 Å². The molecular weight excluding hydrogens is 115 g/mol. The summed E-state index contributed by atoms with van der Waals surface area (Å²) < 4.78 is 0. The molecule has 0 bridgehead atoms. The Morgan fingerprint density at radius 2 is 1.50 bits per heavy atom. The molecule has 0 aromatic carbocycles. The quantitative estimate of drug-likeness (QED) is 0.500. The van der Waals surface area contributed by atoms with Crippen LogP contribution in [0.1, 0.15) is 32.1 Å². The predicted molar refractivity (Wildman–Crippen MR) is 37.6 cm³/mol. The highest BCUT2D eigenvalue weighted by Gasteiger charge is 2.28. The molecule has 45 valence electrons. The smallest absolute Gasteiger partial charge is 0.0167 e. The average molecular weight is 127 g/mol. The van der Waals surface area contributed by atoms with Gasteiger partial charge in [-0.15, -0.1) is 0 Å². The Balaban J connectivity index is 1.66. The Hall–Kier alpha value is 0.430. The monoisotopic (exact) mass is 127 g/mol. The SMILES string of the molecule is C1CC([P]C2CC2)C1. The van der Waals surface area contributed by atoms with Gasteiger partial charge in [-0.3, -0.25) is 0 Å². The van der Waals surface area contributed by atoms with Gasteiger partial charge in [-0.1, -0.05) is 15.0 Å². The molecule has 0 aromatic heterocycles. The third kappa shape index (κ3) is 1.05. The first-order valence-corrected chi connectivity index (χ1v) is 4.68. The van der Waals surface area contributed by atoms with E-state index in [0.717, 1.165) is 11.3 Å². The zero-order chi connectivity index (χ0) is 5.40. The molecule has 0 spiro atoms. The van der Waals surface area contributed by atoms with Crippen molar-refractivity contribution in [3.05, 3.63) is 0 Å². The number of hydrogen-bond acceptors (Lipinski definition) is 0. The second-order valence-corrected chi connectivity index (χ2v) is 4.72. The maximum absolute atomic E-state index is 1.81. The fourth-order valence-electron chi connectivity index (χ4n) is 1.06. The third-order valence-corrected chi connectivity index (χ3v) is 3.92. The molecule has 2 aliphatic rings. The Morgan fingerprint density at radius 3 is 1.88 bits per heavy atom. The summed E-state index contributed by atoms with van der Waals surface area (Å²) in [6, 6.07) is 0. The van der Waals surface area contributed by atoms with E-state index in [1.165, 1.54) is 32.1 Å². The predicted octanol–water partition coefficient (Wildman–Crippen LogP) is 2.65. The Morgan fingerprint density at radius 1 is 0.875 bits per heavy atom. The molecule has 1 heteroatoms. The average Bonchev–Trinajstić information content (AvgIpc) is 2.36. The van der Waals surface area contributed by atoms with E-state index in [4.69, 9.17) is 0 Å². The highest BCUT2D eigenvalue weighted by atomic mass is 31.1. The van der Waals surface area contributed by atoms with Gasteiger partial charge in [0.2, 0.25) is 0 Å². The van der Waals surface area contributed by atoms with Crippen LogP contribution in [-0.4, -0.2) is 11.3 Å². The molecule has 2 saturated carbocycles. The minimum Gasteiger partial charge on any atom is -0.0741 e. The second-order valence-electron chi connectivity index (χ2n) is 2.96. The van der Waals surface area contributed by atoms with E-state index >= 15 is 0 Å². The first-order chi connectivity index (χ1) is 3.95. The lowest BCUT2D eigenvalue weighted by Crippen LogP contribution is -2.11. The molecule has 0 N–H and O–H groups in total. The fraction of sp³-hybridized carbons (Fsp3) is 1.00. The van der Waals surface area contributed by atoms with Crippen molar-refractivity contribution in [3.8, 4) is 0 Å². The molecule has 0 aliphatic heterocycles. The van der Waals surface area contributed by atoms with Crippen LogP contribution in [0.15, 0.2) is 0 Å². The van der Waals surface area contributed by atoms with Gasteiger partial charge in [-0.25, -0.2) is 0 Å². The van der Waals surface area contributed by atoms with Crippen molar-refractivity contribution < 1.29 is 0 Å². The second kappa shape index (κ2) is 1.99. The van der Waals surface area contributed by atoms with E-state index in [-0.39, 0.29) is 0 Å². The number of rotatable bonds is 2. The minimum atomic E-state index is 1.14. The molecule has 0 heterocycles. The van der Waals surface area contributed by atoms with Gasteiger partial charge in [0.1, 0.15) is 0 Å². The molecule has 0 unspecified atom stereocenters. The van der Waals surface area contributed by atoms with E-state index in [1.807, 2.05) is 0 Å². The standard InChI is InChI=1S/C7H12P/c1-2-6(3-1)8-7-4-5-7/h6-7H,1-5H2. The van der Waals surface area contributed by atoms with Crippen LogP contribution in [0.2, 0.25) is 0 Å². The van der Waals surface area contributed by atoms with Crippen molar-refractivity contribution >= 4 is 8.58 Å². The Kier molecular flexibility index (Phi) is 1.30. The topological polar surface area (TPSA) is 0 Å². The summed E-state index contributed by atoms with van der Waals surface area (Å²) in [5.41, 5.74) is 2.29. The highest BCUT2D eigenvalue weighted by Crippen LogP contribution is 2.48. The van der Waals surface area contributed by atoms with E-state index in [9.17, 15) is 0 Å². The molecule has 2 rings (SSSR count). The fourth-order valence-corrected chi connectivity index (χ4v) is 2.76. The molecule has 1 radical (unpaired) electrons. The van der Waals surface area contributed by atoms with Crippen LogP contribution in [0.25, 0.3) is 0 Å². The van der Waals surface area contributed by atoms with E-state index < -0.39 is 0 Å². The largest absolute Gasteiger partial charge is 0.0741 e. The molecule has 2 aliphatic carbocycles. The van der Waals surface area contributed by atoms with Crippen molar-refractivity contribution in [1.29, 1.82) is 0 Å². The van der Waals surface area contributed by atoms with Crippen LogP contribution in [0.3, 0.4) is 0 Å². The molecule has 0 saturated heterocycles. The van der Waals surface area contributed by atoms with Crippen molar-refractivity contribution in [1.82, 2.24) is 0 Å². The molecule has 8 heavy (non-hydrogen) atoms. The van der Waals surface area contributed by atoms with Gasteiger partial charge in [-0.2, -0.15) is 0 Å². The third-order valence-electron chi connectivity index (χ3n) is 2.04. The zero-order valence-electron chi connectivity index (χ0n) is 5.14. The normalized spacial score (nSPS) is 31.5. The Bertz CT molecular complexity index is 82.4. The van der Waals surface area contributed by atoms with Gasteiger partial charge >= 0.3 is 0 Å². The van der Waals surface area contributed by atoms with Gasteiger partial charge < -0.3 is 0 Å². The molecule has 0 nitrogen and oxygen atoms in total. The lowest BCUT2D eigenvalue weighted by Gasteiger charge is -2.24. The van der Waals surface area contributed by atoms with Gasteiger partial charge in [0.25, 0.3) is 0 Å². The van der Waals surface area contributed by atoms with Crippen molar-refractivity contribution in [3.63, 3.8) is 0 Å². The molecule has 0 aromatic rings. The van der Waals surface area contributed by atoms with Crippen molar-refractivity contribution in [2.45, 2.75) is 43.4 Å². The summed E-state index contributed by atoms with van der Waals surface area (Å²) >= 11 is 0. The highest BCUT2D eigenvalue weighted by molar-refractivity contribution is 7.40. The summed E-state index contributed by atoms with van der Waals surface area (Å²) in [6.45, 7) is 0. The lowest BCUT2D eigenvalue weighted by molar-refractivity contribution is 0.517. The molecule has 0 amide bonds. The van der Waals surface area contributed by atoms with Crippen LogP contribution >= 0.6 is 8.58 Å². The summed E-state index contributed by atoms with van der Waals surface area (Å²) in [5, 5.41) is 0. The zero-order valence-corrected chi connectivity index (χ0v) is 6.03. The summed E-state index contributed by atoms with van der Waals surface area (Å²) in [6.07, 6.45) is 7.68. The first kappa shape index (κ1) is 5.23. The summed E-state index contributed by atoms with van der Waals surface area (Å²) in [5.74, 6) is 0. The van der Waals surface area contributed by atoms with Crippen LogP contribution in [-0.2, 0) is 0 Å². The van der Waals surface area contributed by atoms with Crippen LogP contribution in [0.5, 0.6) is 0 Å². The van der Waals surface area contributed by atoms with Gasteiger partial charge in [0.05, 0.1) is 0 Å². The van der Waals surface area contributed by atoms with Crippen LogP contribution in [0.4, 0.5) is 0 Å².